The maximum Gasteiger partial charge on any atom is 0.242 e. The second-order valence-corrected chi connectivity index (χ2v) is 6.91. The van der Waals surface area contributed by atoms with E-state index in [2.05, 4.69) is 10.3 Å². The van der Waals surface area contributed by atoms with Crippen molar-refractivity contribution in [2.24, 2.45) is 5.92 Å². The Hall–Kier alpha value is -2.41. The van der Waals surface area contributed by atoms with Crippen molar-refractivity contribution in [3.05, 3.63) is 30.1 Å². The third-order valence-corrected chi connectivity index (χ3v) is 4.99. The van der Waals surface area contributed by atoms with Gasteiger partial charge in [-0.15, -0.1) is 0 Å². The van der Waals surface area contributed by atoms with Gasteiger partial charge < -0.3 is 19.5 Å². The summed E-state index contributed by atoms with van der Waals surface area (Å²) < 4.78 is 7.31. The number of fused-ring (bicyclic) bond motifs is 1. The third-order valence-electron chi connectivity index (χ3n) is 4.99. The largest absolute Gasteiger partial charge is 0.378 e. The minimum Gasteiger partial charge on any atom is -0.378 e. The lowest BCUT2D eigenvalue weighted by molar-refractivity contribution is -0.135. The van der Waals surface area contributed by atoms with Crippen molar-refractivity contribution in [3.8, 4) is 0 Å². The lowest BCUT2D eigenvalue weighted by Gasteiger charge is -2.27. The van der Waals surface area contributed by atoms with E-state index >= 15 is 0 Å². The van der Waals surface area contributed by atoms with E-state index in [-0.39, 0.29) is 24.3 Å². The van der Waals surface area contributed by atoms with Crippen LogP contribution < -0.4 is 5.32 Å². The first-order valence-corrected chi connectivity index (χ1v) is 9.30. The summed E-state index contributed by atoms with van der Waals surface area (Å²) in [5.41, 5.74) is 1.84. The molecule has 2 heterocycles. The molecule has 2 aromatic rings. The molecule has 1 saturated carbocycles. The van der Waals surface area contributed by atoms with Crippen LogP contribution in [0.4, 0.5) is 0 Å². The number of aromatic nitrogens is 2. The van der Waals surface area contributed by atoms with Crippen molar-refractivity contribution >= 4 is 22.8 Å². The molecule has 4 rings (SSSR count). The fraction of sp³-hybridized carbons (Fsp3) is 0.526. The molecule has 1 N–H and O–H groups in total. The van der Waals surface area contributed by atoms with E-state index in [0.29, 0.717) is 39.3 Å². The van der Waals surface area contributed by atoms with Gasteiger partial charge >= 0.3 is 0 Å². The van der Waals surface area contributed by atoms with E-state index in [9.17, 15) is 9.59 Å². The van der Waals surface area contributed by atoms with Gasteiger partial charge in [-0.2, -0.15) is 0 Å². The van der Waals surface area contributed by atoms with Gasteiger partial charge in [-0.1, -0.05) is 12.1 Å². The molecule has 1 aliphatic heterocycles. The molecule has 7 nitrogen and oxygen atoms in total. The quantitative estimate of drug-likeness (QED) is 0.837. The standard InChI is InChI=1S/C19H24N4O3/c24-18(22-9-11-26-12-10-22)13-23-16-4-2-1-3-15(16)21-17(23)7-8-20-19(25)14-5-6-14/h1-4,14H,5-13H2,(H,20,25). The minimum absolute atomic E-state index is 0.0831. The summed E-state index contributed by atoms with van der Waals surface area (Å²) in [5, 5.41) is 2.98. The van der Waals surface area contributed by atoms with Crippen molar-refractivity contribution in [3.63, 3.8) is 0 Å². The molecule has 138 valence electrons. The number of imidazole rings is 1. The highest BCUT2D eigenvalue weighted by atomic mass is 16.5. The van der Waals surface area contributed by atoms with Gasteiger partial charge in [-0.3, -0.25) is 9.59 Å². The molecule has 1 aromatic heterocycles. The molecule has 0 bridgehead atoms. The summed E-state index contributed by atoms with van der Waals surface area (Å²) in [6, 6.07) is 7.85. The fourth-order valence-corrected chi connectivity index (χ4v) is 3.33. The molecule has 0 radical (unpaired) electrons. The molecular weight excluding hydrogens is 332 g/mol. The van der Waals surface area contributed by atoms with E-state index in [1.165, 1.54) is 0 Å². The van der Waals surface area contributed by atoms with E-state index in [0.717, 1.165) is 29.7 Å². The summed E-state index contributed by atoms with van der Waals surface area (Å²) in [6.45, 7) is 3.28. The number of ether oxygens (including phenoxy) is 1. The van der Waals surface area contributed by atoms with Crippen molar-refractivity contribution in [2.45, 2.75) is 25.8 Å². The summed E-state index contributed by atoms with van der Waals surface area (Å²) in [7, 11) is 0. The Kier molecular flexibility index (Phi) is 4.88. The number of amides is 2. The van der Waals surface area contributed by atoms with Crippen LogP contribution >= 0.6 is 0 Å². The highest BCUT2D eigenvalue weighted by Gasteiger charge is 2.29. The Labute approximate surface area is 152 Å². The van der Waals surface area contributed by atoms with Crippen molar-refractivity contribution < 1.29 is 14.3 Å². The third kappa shape index (κ3) is 3.72. The van der Waals surface area contributed by atoms with Crippen LogP contribution in [0.1, 0.15) is 18.7 Å². The number of para-hydroxylation sites is 2. The minimum atomic E-state index is 0.0831. The topological polar surface area (TPSA) is 76.5 Å². The smallest absolute Gasteiger partial charge is 0.242 e. The first-order valence-electron chi connectivity index (χ1n) is 9.30. The molecule has 1 aliphatic carbocycles. The highest BCUT2D eigenvalue weighted by molar-refractivity contribution is 5.82. The number of carbonyl (C=O) groups is 2. The van der Waals surface area contributed by atoms with E-state index in [1.807, 2.05) is 33.7 Å². The van der Waals surface area contributed by atoms with Crippen LogP contribution in [-0.2, 0) is 27.3 Å². The Morgan fingerprint density at radius 1 is 1.19 bits per heavy atom. The molecular formula is C19H24N4O3. The SMILES string of the molecule is O=C(NCCc1nc2ccccc2n1CC(=O)N1CCOCC1)C1CC1. The van der Waals surface area contributed by atoms with Crippen LogP contribution in [0.5, 0.6) is 0 Å². The molecule has 7 heteroatoms. The number of benzene rings is 1. The van der Waals surface area contributed by atoms with Gasteiger partial charge in [0.15, 0.2) is 0 Å². The molecule has 0 spiro atoms. The van der Waals surface area contributed by atoms with Gasteiger partial charge in [0.05, 0.1) is 24.2 Å². The van der Waals surface area contributed by atoms with Crippen LogP contribution in [0.25, 0.3) is 11.0 Å². The molecule has 26 heavy (non-hydrogen) atoms. The second-order valence-electron chi connectivity index (χ2n) is 6.91. The molecule has 1 aromatic carbocycles. The Balaban J connectivity index is 1.49. The summed E-state index contributed by atoms with van der Waals surface area (Å²) in [5.74, 6) is 1.26. The normalized spacial score (nSPS) is 17.5. The predicted octanol–water partition coefficient (Wildman–Crippen LogP) is 0.964. The Morgan fingerprint density at radius 2 is 1.96 bits per heavy atom. The molecule has 2 fully saturated rings. The van der Waals surface area contributed by atoms with Gasteiger partial charge in [0.2, 0.25) is 11.8 Å². The van der Waals surface area contributed by atoms with Gasteiger partial charge in [-0.25, -0.2) is 4.98 Å². The number of hydrogen-bond donors (Lipinski definition) is 1. The molecule has 2 aliphatic rings. The summed E-state index contributed by atoms with van der Waals surface area (Å²) in [6.07, 6.45) is 2.61. The zero-order valence-corrected chi connectivity index (χ0v) is 14.8. The van der Waals surface area contributed by atoms with Gasteiger partial charge in [-0.05, 0) is 25.0 Å². The zero-order chi connectivity index (χ0) is 17.9. The predicted molar refractivity (Wildman–Crippen MR) is 96.6 cm³/mol. The van der Waals surface area contributed by atoms with Crippen LogP contribution in [0.3, 0.4) is 0 Å². The lowest BCUT2D eigenvalue weighted by atomic mass is 10.3. The molecule has 0 atom stereocenters. The van der Waals surface area contributed by atoms with Crippen LogP contribution in [0.2, 0.25) is 0 Å². The highest BCUT2D eigenvalue weighted by Crippen LogP contribution is 2.28. The monoisotopic (exact) mass is 356 g/mol. The molecule has 2 amide bonds. The average Bonchev–Trinajstić information content (AvgIpc) is 3.47. The first kappa shape index (κ1) is 17.0. The number of carbonyl (C=O) groups excluding carboxylic acids is 2. The molecule has 0 unspecified atom stereocenters. The lowest BCUT2D eigenvalue weighted by Crippen LogP contribution is -2.42. The van der Waals surface area contributed by atoms with E-state index < -0.39 is 0 Å². The summed E-state index contributed by atoms with van der Waals surface area (Å²) >= 11 is 0. The maximum absolute atomic E-state index is 12.7. The van der Waals surface area contributed by atoms with Gasteiger partial charge in [0.25, 0.3) is 0 Å². The van der Waals surface area contributed by atoms with Gasteiger partial charge in [0.1, 0.15) is 12.4 Å². The Bertz CT molecular complexity index is 806. The zero-order valence-electron chi connectivity index (χ0n) is 14.8. The number of hydrogen-bond acceptors (Lipinski definition) is 4. The van der Waals surface area contributed by atoms with Crippen molar-refractivity contribution in [1.82, 2.24) is 19.8 Å². The second kappa shape index (κ2) is 7.45. The number of rotatable bonds is 6. The van der Waals surface area contributed by atoms with E-state index in [4.69, 9.17) is 4.74 Å². The van der Waals surface area contributed by atoms with Crippen molar-refractivity contribution in [1.29, 1.82) is 0 Å². The number of morpholine rings is 1. The molecule has 1 saturated heterocycles. The first-order chi connectivity index (χ1) is 12.7. The maximum atomic E-state index is 12.7. The summed E-state index contributed by atoms with van der Waals surface area (Å²) in [4.78, 5) is 31.0. The van der Waals surface area contributed by atoms with Crippen molar-refractivity contribution in [2.75, 3.05) is 32.8 Å². The fourth-order valence-electron chi connectivity index (χ4n) is 3.33. The van der Waals surface area contributed by atoms with Crippen LogP contribution in [0, 0.1) is 5.92 Å². The number of nitrogens with one attached hydrogen (secondary N) is 1. The Morgan fingerprint density at radius 3 is 2.73 bits per heavy atom. The van der Waals surface area contributed by atoms with Crippen LogP contribution in [-0.4, -0.2) is 59.1 Å². The van der Waals surface area contributed by atoms with E-state index in [1.54, 1.807) is 0 Å². The van der Waals surface area contributed by atoms with Crippen LogP contribution in [0.15, 0.2) is 24.3 Å². The van der Waals surface area contributed by atoms with Gasteiger partial charge in [0, 0.05) is 32.0 Å². The average molecular weight is 356 g/mol. The number of nitrogens with zero attached hydrogens (tertiary/aromatic N) is 3.